The summed E-state index contributed by atoms with van der Waals surface area (Å²) in [4.78, 5) is 25.7. The second kappa shape index (κ2) is 7.21. The Morgan fingerprint density at radius 3 is 2.67 bits per heavy atom. The Hall–Kier alpha value is -1.98. The van der Waals surface area contributed by atoms with E-state index < -0.39 is 11.9 Å². The van der Waals surface area contributed by atoms with Crippen molar-refractivity contribution in [3.63, 3.8) is 0 Å². The molecule has 0 saturated carbocycles. The third-order valence-electron chi connectivity index (χ3n) is 4.72. The van der Waals surface area contributed by atoms with Gasteiger partial charge in [0, 0.05) is 28.5 Å². The van der Waals surface area contributed by atoms with Crippen molar-refractivity contribution in [2.24, 2.45) is 11.1 Å². The Morgan fingerprint density at radius 1 is 1.33 bits per heavy atom. The molecule has 1 heterocycles. The van der Waals surface area contributed by atoms with E-state index in [1.807, 2.05) is 13.8 Å². The number of halogens is 2. The highest BCUT2D eigenvalue weighted by Gasteiger charge is 2.45. The molecule has 144 valence electrons. The van der Waals surface area contributed by atoms with Crippen LogP contribution < -0.4 is 5.73 Å². The van der Waals surface area contributed by atoms with Crippen molar-refractivity contribution in [3.8, 4) is 0 Å². The van der Waals surface area contributed by atoms with E-state index in [1.165, 1.54) is 0 Å². The number of allylic oxidation sites excluding steroid dienone is 2. The lowest BCUT2D eigenvalue weighted by molar-refractivity contribution is -0.139. The van der Waals surface area contributed by atoms with Crippen LogP contribution in [0.5, 0.6) is 0 Å². The van der Waals surface area contributed by atoms with Gasteiger partial charge in [-0.25, -0.2) is 4.79 Å². The molecule has 1 unspecified atom stereocenters. The average Bonchev–Trinajstić information content (AvgIpc) is 2.52. The van der Waals surface area contributed by atoms with Crippen LogP contribution in [0.4, 0.5) is 0 Å². The van der Waals surface area contributed by atoms with Gasteiger partial charge < -0.3 is 15.2 Å². The first kappa shape index (κ1) is 19.8. The lowest BCUT2D eigenvalue weighted by Crippen LogP contribution is -2.35. The maximum Gasteiger partial charge on any atom is 0.340 e. The molecule has 1 atom stereocenters. The summed E-state index contributed by atoms with van der Waals surface area (Å²) in [7, 11) is 0. The van der Waals surface area contributed by atoms with Crippen LogP contribution >= 0.6 is 23.2 Å². The minimum Gasteiger partial charge on any atom is -0.462 e. The largest absolute Gasteiger partial charge is 0.462 e. The molecular weight excluding hydrogens is 389 g/mol. The summed E-state index contributed by atoms with van der Waals surface area (Å²) < 4.78 is 10.9. The molecule has 27 heavy (non-hydrogen) atoms. The van der Waals surface area contributed by atoms with E-state index in [2.05, 4.69) is 0 Å². The topological polar surface area (TPSA) is 78.6 Å². The molecule has 1 aromatic carbocycles. The number of ether oxygens (including phenoxy) is 2. The molecule has 0 radical (unpaired) electrons. The van der Waals surface area contributed by atoms with Crippen molar-refractivity contribution >= 4 is 35.0 Å². The zero-order valence-corrected chi connectivity index (χ0v) is 16.9. The molecule has 0 saturated heterocycles. The normalized spacial score (nSPS) is 21.7. The van der Waals surface area contributed by atoms with Crippen molar-refractivity contribution in [1.29, 1.82) is 0 Å². The number of carbonyl (C=O) groups excluding carboxylic acids is 2. The molecule has 7 heteroatoms. The van der Waals surface area contributed by atoms with Crippen LogP contribution in [0.25, 0.3) is 0 Å². The molecule has 0 spiro atoms. The molecule has 0 amide bonds. The van der Waals surface area contributed by atoms with Crippen LogP contribution in [0.1, 0.15) is 45.1 Å². The molecule has 0 aromatic heterocycles. The smallest absolute Gasteiger partial charge is 0.340 e. The first-order valence-electron chi connectivity index (χ1n) is 8.70. The number of hydrogen-bond donors (Lipinski definition) is 1. The number of esters is 1. The predicted molar refractivity (Wildman–Crippen MR) is 103 cm³/mol. The lowest BCUT2D eigenvalue weighted by Gasteiger charge is -2.38. The Kier molecular flexibility index (Phi) is 5.28. The molecule has 5 nitrogen and oxygen atoms in total. The zero-order valence-electron chi connectivity index (χ0n) is 15.4. The number of hydrogen-bond acceptors (Lipinski definition) is 5. The monoisotopic (exact) mass is 409 g/mol. The summed E-state index contributed by atoms with van der Waals surface area (Å²) in [5.41, 5.74) is 6.91. The summed E-state index contributed by atoms with van der Waals surface area (Å²) in [6, 6.07) is 4.93. The van der Waals surface area contributed by atoms with E-state index in [9.17, 15) is 9.59 Å². The molecule has 0 fully saturated rings. The molecule has 2 aliphatic rings. The standard InChI is InChI=1S/C20H21Cl2NO4/c1-4-26-19(25)17-15(11-6-5-10(21)7-12(11)22)16-13(24)8-20(2,3)9-14(16)27-18(17)23/h5-7,15H,4,8-9,23H2,1-3H3. The minimum absolute atomic E-state index is 0.0614. The van der Waals surface area contributed by atoms with Crippen LogP contribution in [-0.2, 0) is 19.1 Å². The van der Waals surface area contributed by atoms with Crippen LogP contribution in [0.15, 0.2) is 41.0 Å². The van der Waals surface area contributed by atoms with Gasteiger partial charge >= 0.3 is 5.97 Å². The van der Waals surface area contributed by atoms with Crippen LogP contribution in [0.2, 0.25) is 10.0 Å². The van der Waals surface area contributed by atoms with Crippen molar-refractivity contribution in [3.05, 3.63) is 56.6 Å². The van der Waals surface area contributed by atoms with Crippen LogP contribution in [0.3, 0.4) is 0 Å². The summed E-state index contributed by atoms with van der Waals surface area (Å²) in [6.45, 7) is 5.84. The maximum absolute atomic E-state index is 13.0. The SMILES string of the molecule is CCOC(=O)C1=C(N)OC2=C(C(=O)CC(C)(C)C2)C1c1ccc(Cl)cc1Cl. The fraction of sp³-hybridized carbons (Fsp3) is 0.400. The zero-order chi connectivity index (χ0) is 19.9. The van der Waals surface area contributed by atoms with E-state index >= 15 is 0 Å². The maximum atomic E-state index is 13.0. The number of ketones is 1. The van der Waals surface area contributed by atoms with Gasteiger partial charge in [0.25, 0.3) is 0 Å². The van der Waals surface area contributed by atoms with Gasteiger partial charge in [0.15, 0.2) is 5.78 Å². The number of nitrogens with two attached hydrogens (primary N) is 1. The molecule has 2 N–H and O–H groups in total. The Morgan fingerprint density at radius 2 is 2.04 bits per heavy atom. The molecule has 1 aliphatic heterocycles. The number of carbonyl (C=O) groups is 2. The van der Waals surface area contributed by atoms with E-state index in [0.29, 0.717) is 39.8 Å². The van der Waals surface area contributed by atoms with Gasteiger partial charge in [0.2, 0.25) is 5.88 Å². The first-order valence-corrected chi connectivity index (χ1v) is 9.46. The summed E-state index contributed by atoms with van der Waals surface area (Å²) in [5.74, 6) is -1.05. The van der Waals surface area contributed by atoms with Crippen molar-refractivity contribution in [1.82, 2.24) is 0 Å². The Balaban J connectivity index is 2.22. The third kappa shape index (κ3) is 3.71. The molecule has 1 aromatic rings. The van der Waals surface area contributed by atoms with Gasteiger partial charge in [0.05, 0.1) is 12.5 Å². The highest BCUT2D eigenvalue weighted by atomic mass is 35.5. The molecular formula is C20H21Cl2NO4. The van der Waals surface area contributed by atoms with E-state index in [0.717, 1.165) is 0 Å². The molecule has 1 aliphatic carbocycles. The second-order valence-corrected chi connectivity index (χ2v) is 8.32. The first-order chi connectivity index (χ1) is 12.6. The molecule has 3 rings (SSSR count). The van der Waals surface area contributed by atoms with Gasteiger partial charge in [-0.05, 0) is 30.0 Å². The van der Waals surface area contributed by atoms with E-state index in [-0.39, 0.29) is 29.3 Å². The van der Waals surface area contributed by atoms with E-state index in [4.69, 9.17) is 38.4 Å². The van der Waals surface area contributed by atoms with Gasteiger partial charge in [-0.1, -0.05) is 43.1 Å². The van der Waals surface area contributed by atoms with Gasteiger partial charge in [-0.15, -0.1) is 0 Å². The van der Waals surface area contributed by atoms with E-state index in [1.54, 1.807) is 25.1 Å². The summed E-state index contributed by atoms with van der Waals surface area (Å²) >= 11 is 12.4. The van der Waals surface area contributed by atoms with Crippen LogP contribution in [0, 0.1) is 5.41 Å². The Labute approximate surface area is 168 Å². The summed E-state index contributed by atoms with van der Waals surface area (Å²) in [6.07, 6.45) is 0.875. The summed E-state index contributed by atoms with van der Waals surface area (Å²) in [5, 5.41) is 0.796. The highest BCUT2D eigenvalue weighted by Crippen LogP contribution is 2.49. The Bertz CT molecular complexity index is 886. The van der Waals surface area contributed by atoms with Gasteiger partial charge in [-0.3, -0.25) is 4.79 Å². The highest BCUT2D eigenvalue weighted by molar-refractivity contribution is 6.35. The van der Waals surface area contributed by atoms with Gasteiger partial charge in [-0.2, -0.15) is 0 Å². The van der Waals surface area contributed by atoms with Gasteiger partial charge in [0.1, 0.15) is 11.3 Å². The quantitative estimate of drug-likeness (QED) is 0.744. The van der Waals surface area contributed by atoms with Crippen LogP contribution in [-0.4, -0.2) is 18.4 Å². The average molecular weight is 410 g/mol. The van der Waals surface area contributed by atoms with Crippen molar-refractivity contribution in [2.45, 2.75) is 39.5 Å². The number of rotatable bonds is 3. The third-order valence-corrected chi connectivity index (χ3v) is 5.29. The fourth-order valence-corrected chi connectivity index (χ4v) is 4.16. The number of Topliss-reactive ketones (excluding diaryl/α,β-unsaturated/α-hetero) is 1. The fourth-order valence-electron chi connectivity index (χ4n) is 3.64. The minimum atomic E-state index is -0.749. The number of benzene rings is 1. The predicted octanol–water partition coefficient (Wildman–Crippen LogP) is 4.48. The molecule has 0 bridgehead atoms. The van der Waals surface area contributed by atoms with Crippen molar-refractivity contribution in [2.75, 3.05) is 6.61 Å². The lowest BCUT2D eigenvalue weighted by atomic mass is 9.70. The van der Waals surface area contributed by atoms with Crippen molar-refractivity contribution < 1.29 is 19.1 Å². The second-order valence-electron chi connectivity index (χ2n) is 7.48.